The minimum Gasteiger partial charge on any atom is -0.388 e. The summed E-state index contributed by atoms with van der Waals surface area (Å²) in [6.45, 7) is 4.03. The van der Waals surface area contributed by atoms with Gasteiger partial charge in [0.2, 0.25) is 0 Å². The molecule has 0 aliphatic rings. The number of hydrogen-bond donors (Lipinski definition) is 1. The highest BCUT2D eigenvalue weighted by Crippen LogP contribution is 2.29. The molecule has 1 N–H and O–H groups in total. The SMILES string of the molecule is Cc1cc(C(O)Cc2ccccc2Cl)c(C)cc1Br. The van der Waals surface area contributed by atoms with Gasteiger partial charge in [-0.05, 0) is 48.2 Å². The Morgan fingerprint density at radius 1 is 1.16 bits per heavy atom. The van der Waals surface area contributed by atoms with Crippen LogP contribution >= 0.6 is 27.5 Å². The molecule has 0 radical (unpaired) electrons. The summed E-state index contributed by atoms with van der Waals surface area (Å²) in [5.74, 6) is 0. The molecule has 1 atom stereocenters. The van der Waals surface area contributed by atoms with Crippen molar-refractivity contribution in [1.29, 1.82) is 0 Å². The molecule has 0 heterocycles. The summed E-state index contributed by atoms with van der Waals surface area (Å²) in [6, 6.07) is 11.7. The highest BCUT2D eigenvalue weighted by atomic mass is 79.9. The van der Waals surface area contributed by atoms with Crippen LogP contribution in [-0.2, 0) is 6.42 Å². The number of aryl methyl sites for hydroxylation is 2. The molecule has 0 fully saturated rings. The molecule has 0 aliphatic carbocycles. The van der Waals surface area contributed by atoms with Crippen molar-refractivity contribution in [3.8, 4) is 0 Å². The van der Waals surface area contributed by atoms with E-state index in [0.717, 1.165) is 26.7 Å². The van der Waals surface area contributed by atoms with E-state index < -0.39 is 6.10 Å². The number of aliphatic hydroxyl groups excluding tert-OH is 1. The summed E-state index contributed by atoms with van der Waals surface area (Å²) in [4.78, 5) is 0. The van der Waals surface area contributed by atoms with Crippen LogP contribution in [0.3, 0.4) is 0 Å². The Hall–Kier alpha value is -0.830. The zero-order valence-electron chi connectivity index (χ0n) is 11.0. The zero-order chi connectivity index (χ0) is 14.0. The number of rotatable bonds is 3. The maximum atomic E-state index is 10.4. The Morgan fingerprint density at radius 2 is 1.84 bits per heavy atom. The zero-order valence-corrected chi connectivity index (χ0v) is 13.3. The molecule has 2 aromatic rings. The molecular weight excluding hydrogens is 324 g/mol. The minimum absolute atomic E-state index is 0.529. The van der Waals surface area contributed by atoms with Crippen molar-refractivity contribution in [1.82, 2.24) is 0 Å². The van der Waals surface area contributed by atoms with Crippen molar-refractivity contribution in [2.45, 2.75) is 26.4 Å². The molecule has 3 heteroatoms. The van der Waals surface area contributed by atoms with Crippen LogP contribution in [-0.4, -0.2) is 5.11 Å². The Bertz CT molecular complexity index is 595. The van der Waals surface area contributed by atoms with Gasteiger partial charge in [0.1, 0.15) is 0 Å². The smallest absolute Gasteiger partial charge is 0.0833 e. The second-order valence-electron chi connectivity index (χ2n) is 4.77. The van der Waals surface area contributed by atoms with Crippen LogP contribution in [0.15, 0.2) is 40.9 Å². The fourth-order valence-corrected chi connectivity index (χ4v) is 2.82. The first-order valence-electron chi connectivity index (χ1n) is 6.17. The van der Waals surface area contributed by atoms with E-state index in [4.69, 9.17) is 11.6 Å². The average Bonchev–Trinajstić information content (AvgIpc) is 2.36. The van der Waals surface area contributed by atoms with E-state index in [1.165, 1.54) is 0 Å². The molecule has 0 amide bonds. The van der Waals surface area contributed by atoms with Crippen LogP contribution in [0.4, 0.5) is 0 Å². The molecule has 2 rings (SSSR count). The normalized spacial score (nSPS) is 12.5. The summed E-state index contributed by atoms with van der Waals surface area (Å²) in [7, 11) is 0. The highest BCUT2D eigenvalue weighted by Gasteiger charge is 2.14. The third-order valence-corrected chi connectivity index (χ3v) is 4.50. The lowest BCUT2D eigenvalue weighted by atomic mass is 9.96. The van der Waals surface area contributed by atoms with Crippen molar-refractivity contribution >= 4 is 27.5 Å². The Labute approximate surface area is 127 Å². The van der Waals surface area contributed by atoms with Gasteiger partial charge in [-0.25, -0.2) is 0 Å². The quantitative estimate of drug-likeness (QED) is 0.834. The fraction of sp³-hybridized carbons (Fsp3) is 0.250. The molecular formula is C16H16BrClO. The molecule has 0 saturated heterocycles. The molecule has 0 aromatic heterocycles. The van der Waals surface area contributed by atoms with Crippen LogP contribution in [0.2, 0.25) is 5.02 Å². The van der Waals surface area contributed by atoms with E-state index in [9.17, 15) is 5.11 Å². The topological polar surface area (TPSA) is 20.2 Å². The summed E-state index contributed by atoms with van der Waals surface area (Å²) < 4.78 is 1.07. The molecule has 2 aromatic carbocycles. The molecule has 1 unspecified atom stereocenters. The van der Waals surface area contributed by atoms with E-state index in [1.807, 2.05) is 50.2 Å². The average molecular weight is 340 g/mol. The lowest BCUT2D eigenvalue weighted by molar-refractivity contribution is 0.177. The largest absolute Gasteiger partial charge is 0.388 e. The maximum Gasteiger partial charge on any atom is 0.0833 e. The minimum atomic E-state index is -0.535. The van der Waals surface area contributed by atoms with Gasteiger partial charge in [0.25, 0.3) is 0 Å². The molecule has 0 aliphatic heterocycles. The first-order chi connectivity index (χ1) is 8.99. The third-order valence-electron chi connectivity index (χ3n) is 3.28. The summed E-state index contributed by atoms with van der Waals surface area (Å²) >= 11 is 9.64. The van der Waals surface area contributed by atoms with Gasteiger partial charge in [0.15, 0.2) is 0 Å². The summed E-state index contributed by atoms with van der Waals surface area (Å²) in [5, 5.41) is 11.1. The van der Waals surface area contributed by atoms with E-state index in [0.29, 0.717) is 11.4 Å². The standard InChI is InChI=1S/C16H16BrClO/c1-10-8-14(17)11(2)7-13(10)16(19)9-12-5-3-4-6-15(12)18/h3-8,16,19H,9H2,1-2H3. The van der Waals surface area contributed by atoms with Gasteiger partial charge in [-0.3, -0.25) is 0 Å². The van der Waals surface area contributed by atoms with Crippen molar-refractivity contribution in [2.24, 2.45) is 0 Å². The second kappa shape index (κ2) is 6.08. The van der Waals surface area contributed by atoms with Crippen molar-refractivity contribution < 1.29 is 5.11 Å². The lowest BCUT2D eigenvalue weighted by Crippen LogP contribution is -2.05. The highest BCUT2D eigenvalue weighted by molar-refractivity contribution is 9.10. The summed E-state index contributed by atoms with van der Waals surface area (Å²) in [5.41, 5.74) is 4.13. The van der Waals surface area contributed by atoms with Crippen LogP contribution < -0.4 is 0 Å². The van der Waals surface area contributed by atoms with Gasteiger partial charge in [-0.15, -0.1) is 0 Å². The fourth-order valence-electron chi connectivity index (χ4n) is 2.14. The van der Waals surface area contributed by atoms with E-state index in [2.05, 4.69) is 15.9 Å². The monoisotopic (exact) mass is 338 g/mol. The predicted octanol–water partition coefficient (Wildman–Crippen LogP) is 5.00. The number of halogens is 2. The summed E-state index contributed by atoms with van der Waals surface area (Å²) in [6.07, 6.45) is -0.00611. The molecule has 0 spiro atoms. The van der Waals surface area contributed by atoms with E-state index >= 15 is 0 Å². The van der Waals surface area contributed by atoms with Gasteiger partial charge in [-0.1, -0.05) is 51.8 Å². The second-order valence-corrected chi connectivity index (χ2v) is 6.03. The van der Waals surface area contributed by atoms with Gasteiger partial charge < -0.3 is 5.11 Å². The number of aliphatic hydroxyl groups is 1. The van der Waals surface area contributed by atoms with Crippen LogP contribution in [0.1, 0.15) is 28.4 Å². The molecule has 19 heavy (non-hydrogen) atoms. The van der Waals surface area contributed by atoms with Crippen molar-refractivity contribution in [3.05, 3.63) is 68.1 Å². The Morgan fingerprint density at radius 3 is 2.53 bits per heavy atom. The predicted molar refractivity (Wildman–Crippen MR) is 83.7 cm³/mol. The molecule has 0 bridgehead atoms. The van der Waals surface area contributed by atoms with E-state index in [1.54, 1.807) is 0 Å². The number of benzene rings is 2. The molecule has 100 valence electrons. The van der Waals surface area contributed by atoms with Crippen LogP contribution in [0.5, 0.6) is 0 Å². The van der Waals surface area contributed by atoms with Crippen LogP contribution in [0, 0.1) is 13.8 Å². The van der Waals surface area contributed by atoms with Crippen molar-refractivity contribution in [2.75, 3.05) is 0 Å². The van der Waals surface area contributed by atoms with Gasteiger partial charge >= 0.3 is 0 Å². The van der Waals surface area contributed by atoms with E-state index in [-0.39, 0.29) is 0 Å². The van der Waals surface area contributed by atoms with Gasteiger partial charge in [-0.2, -0.15) is 0 Å². The van der Waals surface area contributed by atoms with Gasteiger partial charge in [0, 0.05) is 15.9 Å². The van der Waals surface area contributed by atoms with Crippen molar-refractivity contribution in [3.63, 3.8) is 0 Å². The Kier molecular flexibility index (Phi) is 4.67. The first-order valence-corrected chi connectivity index (χ1v) is 7.34. The van der Waals surface area contributed by atoms with Gasteiger partial charge in [0.05, 0.1) is 6.10 Å². The first kappa shape index (κ1) is 14.6. The molecule has 1 nitrogen and oxygen atoms in total. The molecule has 0 saturated carbocycles. The van der Waals surface area contributed by atoms with Crippen LogP contribution in [0.25, 0.3) is 0 Å². The third kappa shape index (κ3) is 3.38. The Balaban J connectivity index is 2.28. The maximum absolute atomic E-state index is 10.4. The number of hydrogen-bond acceptors (Lipinski definition) is 1. The lowest BCUT2D eigenvalue weighted by Gasteiger charge is -2.16.